The Morgan fingerprint density at radius 1 is 1.17 bits per heavy atom. The second-order valence-electron chi connectivity index (χ2n) is 5.68. The van der Waals surface area contributed by atoms with Gasteiger partial charge in [-0.05, 0) is 24.1 Å². The van der Waals surface area contributed by atoms with Gasteiger partial charge in [0.15, 0.2) is 11.5 Å². The van der Waals surface area contributed by atoms with Gasteiger partial charge in [-0.2, -0.15) is 13.2 Å². The predicted octanol–water partition coefficient (Wildman–Crippen LogP) is 3.89. The fraction of sp³-hybridized carbons (Fsp3) is 0.600. The van der Waals surface area contributed by atoms with E-state index in [4.69, 9.17) is 9.47 Å². The zero-order valence-corrected chi connectivity index (χ0v) is 15.3. The Labute approximate surface area is 153 Å². The largest absolute Gasteiger partial charge is 0.454 e. The summed E-state index contributed by atoms with van der Waals surface area (Å²) in [6.07, 6.45) is -4.93. The predicted molar refractivity (Wildman–Crippen MR) is 90.0 cm³/mol. The van der Waals surface area contributed by atoms with Crippen molar-refractivity contribution in [2.45, 2.75) is 25.1 Å². The van der Waals surface area contributed by atoms with Crippen molar-refractivity contribution in [3.8, 4) is 11.5 Å². The molecule has 0 spiro atoms. The summed E-state index contributed by atoms with van der Waals surface area (Å²) in [6, 6.07) is 3.28. The van der Waals surface area contributed by atoms with Gasteiger partial charge in [-0.3, -0.25) is 4.90 Å². The van der Waals surface area contributed by atoms with Gasteiger partial charge in [-0.15, -0.1) is 12.4 Å². The highest BCUT2D eigenvalue weighted by Gasteiger charge is 2.33. The molecule has 4 nitrogen and oxygen atoms in total. The summed E-state index contributed by atoms with van der Waals surface area (Å²) in [6.45, 7) is 3.16. The fourth-order valence-electron chi connectivity index (χ4n) is 3.02. The van der Waals surface area contributed by atoms with Crippen molar-refractivity contribution in [3.05, 3.63) is 22.2 Å². The van der Waals surface area contributed by atoms with Gasteiger partial charge in [0, 0.05) is 43.1 Å². The first kappa shape index (κ1) is 19.6. The number of nitrogens with one attached hydrogen (secondary N) is 1. The van der Waals surface area contributed by atoms with Gasteiger partial charge in [-0.25, -0.2) is 0 Å². The van der Waals surface area contributed by atoms with Gasteiger partial charge < -0.3 is 14.8 Å². The maximum Gasteiger partial charge on any atom is 0.389 e. The van der Waals surface area contributed by atoms with Crippen molar-refractivity contribution in [2.24, 2.45) is 0 Å². The number of benzene rings is 1. The number of rotatable bonds is 4. The first-order chi connectivity index (χ1) is 10.9. The highest BCUT2D eigenvalue weighted by molar-refractivity contribution is 9.10. The minimum Gasteiger partial charge on any atom is -0.454 e. The molecule has 24 heavy (non-hydrogen) atoms. The molecule has 0 saturated carbocycles. The summed E-state index contributed by atoms with van der Waals surface area (Å²) in [4.78, 5) is 2.10. The van der Waals surface area contributed by atoms with Crippen LogP contribution in [-0.2, 0) is 0 Å². The van der Waals surface area contributed by atoms with Crippen LogP contribution in [-0.4, -0.2) is 44.0 Å². The number of ether oxygens (including phenoxy) is 2. The van der Waals surface area contributed by atoms with E-state index in [0.717, 1.165) is 36.2 Å². The van der Waals surface area contributed by atoms with E-state index in [1.54, 1.807) is 12.1 Å². The Balaban J connectivity index is 0.00000208. The van der Waals surface area contributed by atoms with Crippen molar-refractivity contribution < 1.29 is 22.6 Å². The molecule has 136 valence electrons. The molecule has 2 aliphatic heterocycles. The number of piperazine rings is 1. The second-order valence-corrected chi connectivity index (χ2v) is 6.54. The number of hydrogen-bond acceptors (Lipinski definition) is 4. The number of alkyl halides is 3. The van der Waals surface area contributed by atoms with E-state index in [0.29, 0.717) is 11.5 Å². The van der Waals surface area contributed by atoms with Gasteiger partial charge in [0.25, 0.3) is 0 Å². The van der Waals surface area contributed by atoms with Crippen LogP contribution in [0.5, 0.6) is 11.5 Å². The third kappa shape index (κ3) is 4.68. The van der Waals surface area contributed by atoms with Crippen LogP contribution in [0.15, 0.2) is 16.6 Å². The Morgan fingerprint density at radius 2 is 1.79 bits per heavy atom. The lowest BCUT2D eigenvalue weighted by Gasteiger charge is -2.36. The molecule has 0 unspecified atom stereocenters. The minimum atomic E-state index is -4.16. The number of hydrogen-bond donors (Lipinski definition) is 1. The molecule has 1 fully saturated rings. The average Bonchev–Trinajstić information content (AvgIpc) is 2.94. The maximum atomic E-state index is 12.7. The van der Waals surface area contributed by atoms with E-state index >= 15 is 0 Å². The summed E-state index contributed by atoms with van der Waals surface area (Å²) in [7, 11) is 0. The summed E-state index contributed by atoms with van der Waals surface area (Å²) in [5, 5.41) is 3.23. The van der Waals surface area contributed by atoms with Crippen LogP contribution in [0.3, 0.4) is 0 Å². The molecule has 1 saturated heterocycles. The zero-order valence-electron chi connectivity index (χ0n) is 12.9. The molecule has 0 bridgehead atoms. The summed E-state index contributed by atoms with van der Waals surface area (Å²) >= 11 is 3.48. The molecule has 0 amide bonds. The van der Waals surface area contributed by atoms with Crippen molar-refractivity contribution in [3.63, 3.8) is 0 Å². The van der Waals surface area contributed by atoms with Crippen LogP contribution in [0.25, 0.3) is 0 Å². The summed E-state index contributed by atoms with van der Waals surface area (Å²) < 4.78 is 49.7. The number of halogens is 5. The Bertz CT molecular complexity index is 568. The van der Waals surface area contributed by atoms with E-state index in [9.17, 15) is 13.2 Å². The Morgan fingerprint density at radius 3 is 2.42 bits per heavy atom. The van der Waals surface area contributed by atoms with Crippen molar-refractivity contribution >= 4 is 28.3 Å². The molecule has 0 aliphatic carbocycles. The third-order valence-electron chi connectivity index (χ3n) is 4.14. The quantitative estimate of drug-likeness (QED) is 0.784. The normalized spacial score (nSPS) is 19.0. The number of fused-ring (bicyclic) bond motifs is 1. The summed E-state index contributed by atoms with van der Waals surface area (Å²) in [5.41, 5.74) is 0.820. The Hall–Kier alpha value is -0.700. The van der Waals surface area contributed by atoms with E-state index in [1.165, 1.54) is 0 Å². The lowest BCUT2D eigenvalue weighted by molar-refractivity contribution is -0.138. The molecule has 1 aromatic rings. The minimum absolute atomic E-state index is 0. The molecule has 0 aromatic heterocycles. The molecule has 3 rings (SSSR count). The molecule has 0 radical (unpaired) electrons. The third-order valence-corrected chi connectivity index (χ3v) is 4.83. The molecule has 1 aromatic carbocycles. The molecule has 9 heteroatoms. The van der Waals surface area contributed by atoms with Gasteiger partial charge in [0.1, 0.15) is 0 Å². The SMILES string of the molecule is Cl.FC(F)(F)CC[C@@H](c1cc2c(cc1Br)OCO2)N1CCNCC1. The zero-order chi connectivity index (χ0) is 16.4. The number of nitrogens with zero attached hydrogens (tertiary/aromatic N) is 1. The Kier molecular flexibility index (Phi) is 6.64. The monoisotopic (exact) mass is 430 g/mol. The molecular weight excluding hydrogens is 413 g/mol. The van der Waals surface area contributed by atoms with Crippen molar-refractivity contribution in [1.29, 1.82) is 0 Å². The first-order valence-electron chi connectivity index (χ1n) is 7.54. The molecule has 1 N–H and O–H groups in total. The molecular formula is C15H19BrClF3N2O2. The van der Waals surface area contributed by atoms with E-state index < -0.39 is 12.6 Å². The first-order valence-corrected chi connectivity index (χ1v) is 8.34. The fourth-order valence-corrected chi connectivity index (χ4v) is 3.60. The van der Waals surface area contributed by atoms with Crippen molar-refractivity contribution in [2.75, 3.05) is 33.0 Å². The van der Waals surface area contributed by atoms with Crippen LogP contribution in [0.4, 0.5) is 13.2 Å². The standard InChI is InChI=1S/C15H18BrF3N2O2.ClH/c16-11-8-14-13(22-9-23-14)7-10(11)12(1-2-15(17,18)19)21-5-3-20-4-6-21;/h7-8,12,20H,1-6,9H2;1H/t12-;/m0./s1. The summed E-state index contributed by atoms with van der Waals surface area (Å²) in [5.74, 6) is 1.21. The van der Waals surface area contributed by atoms with E-state index in [-0.39, 0.29) is 31.7 Å². The van der Waals surface area contributed by atoms with E-state index in [1.807, 2.05) is 0 Å². The van der Waals surface area contributed by atoms with Crippen LogP contribution in [0.1, 0.15) is 24.4 Å². The topological polar surface area (TPSA) is 33.7 Å². The molecule has 2 heterocycles. The van der Waals surface area contributed by atoms with Crippen LogP contribution in [0, 0.1) is 0 Å². The molecule has 1 atom stereocenters. The van der Waals surface area contributed by atoms with Crippen LogP contribution in [0.2, 0.25) is 0 Å². The lowest BCUT2D eigenvalue weighted by Crippen LogP contribution is -2.45. The second kappa shape index (κ2) is 8.12. The smallest absolute Gasteiger partial charge is 0.389 e. The van der Waals surface area contributed by atoms with Crippen molar-refractivity contribution in [1.82, 2.24) is 10.2 Å². The maximum absolute atomic E-state index is 12.7. The van der Waals surface area contributed by atoms with Gasteiger partial charge >= 0.3 is 6.18 Å². The van der Waals surface area contributed by atoms with Gasteiger partial charge in [0.2, 0.25) is 6.79 Å². The highest BCUT2D eigenvalue weighted by Crippen LogP contribution is 2.42. The van der Waals surface area contributed by atoms with Gasteiger partial charge in [-0.1, -0.05) is 15.9 Å². The van der Waals surface area contributed by atoms with E-state index in [2.05, 4.69) is 26.1 Å². The van der Waals surface area contributed by atoms with Gasteiger partial charge in [0.05, 0.1) is 0 Å². The highest BCUT2D eigenvalue weighted by atomic mass is 79.9. The van der Waals surface area contributed by atoms with Crippen LogP contribution < -0.4 is 14.8 Å². The average molecular weight is 432 g/mol. The van der Waals surface area contributed by atoms with Crippen LogP contribution >= 0.6 is 28.3 Å². The lowest BCUT2D eigenvalue weighted by atomic mass is 9.98. The molecule has 2 aliphatic rings.